The first-order chi connectivity index (χ1) is 8.79. The highest BCUT2D eigenvalue weighted by molar-refractivity contribution is 5.40. The monoisotopic (exact) mass is 245 g/mol. The Morgan fingerprint density at radius 1 is 1.33 bits per heavy atom. The zero-order valence-electron chi connectivity index (χ0n) is 11.2. The van der Waals surface area contributed by atoms with Gasteiger partial charge in [-0.2, -0.15) is 0 Å². The first kappa shape index (κ1) is 12.0. The molecule has 2 aliphatic rings. The summed E-state index contributed by atoms with van der Waals surface area (Å²) < 4.78 is 0. The minimum atomic E-state index is 0.432. The lowest BCUT2D eigenvalue weighted by atomic mass is 9.74. The number of piperidine rings is 1. The third kappa shape index (κ3) is 2.03. The first-order valence-electron chi connectivity index (χ1n) is 7.35. The number of nitrogens with zero attached hydrogens (tertiary/aromatic N) is 1. The van der Waals surface area contributed by atoms with Gasteiger partial charge in [-0.15, -0.1) is 0 Å². The summed E-state index contributed by atoms with van der Waals surface area (Å²) in [5.41, 5.74) is 2.89. The van der Waals surface area contributed by atoms with Gasteiger partial charge in [0.15, 0.2) is 0 Å². The van der Waals surface area contributed by atoms with E-state index in [1.54, 1.807) is 0 Å². The second-order valence-electron chi connectivity index (χ2n) is 5.77. The van der Waals surface area contributed by atoms with Crippen molar-refractivity contribution >= 4 is 0 Å². The van der Waals surface area contributed by atoms with Crippen molar-refractivity contribution in [1.82, 2.24) is 4.90 Å². The van der Waals surface area contributed by atoms with Crippen molar-refractivity contribution in [2.45, 2.75) is 51.0 Å². The predicted octanol–water partition coefficient (Wildman–Crippen LogP) is 3.30. The van der Waals surface area contributed by atoms with E-state index in [-0.39, 0.29) is 0 Å². The van der Waals surface area contributed by atoms with Gasteiger partial charge in [0, 0.05) is 6.04 Å². The average Bonchev–Trinajstić information content (AvgIpc) is 2.39. The van der Waals surface area contributed by atoms with Crippen molar-refractivity contribution in [2.24, 2.45) is 0 Å². The van der Waals surface area contributed by atoms with Gasteiger partial charge >= 0.3 is 0 Å². The molecule has 2 nitrogen and oxygen atoms in total. The summed E-state index contributed by atoms with van der Waals surface area (Å²) >= 11 is 0. The number of phenols is 1. The summed E-state index contributed by atoms with van der Waals surface area (Å²) in [6.07, 6.45) is 6.31. The number of fused-ring (bicyclic) bond motifs is 3. The van der Waals surface area contributed by atoms with E-state index in [1.165, 1.54) is 56.3 Å². The molecule has 98 valence electrons. The van der Waals surface area contributed by atoms with Gasteiger partial charge in [0.2, 0.25) is 0 Å². The fraction of sp³-hybridized carbons (Fsp3) is 0.625. The van der Waals surface area contributed by atoms with Crippen molar-refractivity contribution in [1.29, 1.82) is 0 Å². The molecule has 2 heteroatoms. The van der Waals surface area contributed by atoms with Gasteiger partial charge in [0.25, 0.3) is 0 Å². The van der Waals surface area contributed by atoms with E-state index in [0.29, 0.717) is 17.7 Å². The molecule has 1 N–H and O–H groups in total. The van der Waals surface area contributed by atoms with E-state index in [1.807, 2.05) is 12.1 Å². The average molecular weight is 245 g/mol. The highest BCUT2D eigenvalue weighted by Gasteiger charge is 2.35. The van der Waals surface area contributed by atoms with Crippen molar-refractivity contribution in [3.05, 3.63) is 29.3 Å². The number of aryl methyl sites for hydroxylation is 1. The third-order valence-electron chi connectivity index (χ3n) is 4.64. The molecule has 0 bridgehead atoms. The number of likely N-dealkylation sites (tertiary alicyclic amines) is 1. The molecule has 1 saturated heterocycles. The van der Waals surface area contributed by atoms with Gasteiger partial charge in [-0.25, -0.2) is 0 Å². The maximum absolute atomic E-state index is 9.73. The van der Waals surface area contributed by atoms with Crippen LogP contribution in [0.4, 0.5) is 0 Å². The highest BCUT2D eigenvalue weighted by atomic mass is 16.3. The van der Waals surface area contributed by atoms with Gasteiger partial charge in [-0.3, -0.25) is 4.90 Å². The predicted molar refractivity (Wildman–Crippen MR) is 74.1 cm³/mol. The molecule has 0 aromatic heterocycles. The van der Waals surface area contributed by atoms with Crippen LogP contribution in [0.3, 0.4) is 0 Å². The second-order valence-corrected chi connectivity index (χ2v) is 5.77. The molecule has 18 heavy (non-hydrogen) atoms. The molecule has 1 aromatic rings. The Morgan fingerprint density at radius 2 is 2.22 bits per heavy atom. The molecule has 1 aromatic carbocycles. The molecular formula is C16H23NO. The SMILES string of the molecule is CCCN1CCC[C@H]2c3cc(O)ccc3CC[C@H]21. The van der Waals surface area contributed by atoms with E-state index in [9.17, 15) is 5.11 Å². The Morgan fingerprint density at radius 3 is 3.06 bits per heavy atom. The van der Waals surface area contributed by atoms with Crippen LogP contribution in [0.5, 0.6) is 5.75 Å². The van der Waals surface area contributed by atoms with Crippen LogP contribution in [0.2, 0.25) is 0 Å². The Kier molecular flexibility index (Phi) is 3.29. The first-order valence-corrected chi connectivity index (χ1v) is 7.35. The lowest BCUT2D eigenvalue weighted by Gasteiger charge is -2.45. The third-order valence-corrected chi connectivity index (χ3v) is 4.64. The summed E-state index contributed by atoms with van der Waals surface area (Å²) in [4.78, 5) is 2.68. The molecule has 0 radical (unpaired) electrons. The van der Waals surface area contributed by atoms with Crippen molar-refractivity contribution in [3.8, 4) is 5.75 Å². The van der Waals surface area contributed by atoms with Gasteiger partial charge in [0.1, 0.15) is 5.75 Å². The number of hydrogen-bond acceptors (Lipinski definition) is 2. The van der Waals surface area contributed by atoms with E-state index in [2.05, 4.69) is 17.9 Å². The fourth-order valence-electron chi connectivity index (χ4n) is 3.90. The molecule has 1 fully saturated rings. The molecule has 0 amide bonds. The smallest absolute Gasteiger partial charge is 0.115 e. The summed E-state index contributed by atoms with van der Waals surface area (Å²) in [6.45, 7) is 4.77. The molecule has 1 aliphatic carbocycles. The van der Waals surface area contributed by atoms with Gasteiger partial charge in [-0.05, 0) is 74.4 Å². The number of phenolic OH excluding ortho intramolecular Hbond substituents is 1. The number of rotatable bonds is 2. The van der Waals surface area contributed by atoms with Crippen molar-refractivity contribution in [3.63, 3.8) is 0 Å². The Hall–Kier alpha value is -1.02. The molecule has 2 atom stereocenters. The van der Waals surface area contributed by atoms with Crippen LogP contribution >= 0.6 is 0 Å². The normalized spacial score (nSPS) is 27.6. The Balaban J connectivity index is 1.91. The molecule has 0 spiro atoms. The Bertz CT molecular complexity index is 427. The van der Waals surface area contributed by atoms with Crippen LogP contribution in [0, 0.1) is 0 Å². The zero-order valence-corrected chi connectivity index (χ0v) is 11.2. The van der Waals surface area contributed by atoms with Crippen LogP contribution in [0.25, 0.3) is 0 Å². The topological polar surface area (TPSA) is 23.5 Å². The largest absolute Gasteiger partial charge is 0.508 e. The molecule has 1 heterocycles. The minimum absolute atomic E-state index is 0.432. The summed E-state index contributed by atoms with van der Waals surface area (Å²) in [5, 5.41) is 9.73. The zero-order chi connectivity index (χ0) is 12.5. The molecule has 1 aliphatic heterocycles. The molecule has 3 rings (SSSR count). The number of aromatic hydroxyl groups is 1. The van der Waals surface area contributed by atoms with Gasteiger partial charge in [-0.1, -0.05) is 13.0 Å². The standard InChI is InChI=1S/C16H23NO/c1-2-9-17-10-3-4-14-15-11-13(18)7-5-12(15)6-8-16(14)17/h5,7,11,14,16,18H,2-4,6,8-10H2,1H3/t14-,16+/m0/s1. The van der Waals surface area contributed by atoms with E-state index >= 15 is 0 Å². The number of hydrogen-bond donors (Lipinski definition) is 1. The van der Waals surface area contributed by atoms with Gasteiger partial charge in [0.05, 0.1) is 0 Å². The molecule has 0 unspecified atom stereocenters. The van der Waals surface area contributed by atoms with E-state index in [4.69, 9.17) is 0 Å². The summed E-state index contributed by atoms with van der Waals surface area (Å²) in [7, 11) is 0. The molecule has 0 saturated carbocycles. The Labute approximate surface area is 110 Å². The van der Waals surface area contributed by atoms with E-state index in [0.717, 1.165) is 0 Å². The maximum atomic E-state index is 9.73. The molecular weight excluding hydrogens is 222 g/mol. The van der Waals surface area contributed by atoms with Crippen LogP contribution in [0.15, 0.2) is 18.2 Å². The quantitative estimate of drug-likeness (QED) is 0.864. The lowest BCUT2D eigenvalue weighted by Crippen LogP contribution is -2.46. The second kappa shape index (κ2) is 4.93. The van der Waals surface area contributed by atoms with Crippen LogP contribution < -0.4 is 0 Å². The summed E-state index contributed by atoms with van der Waals surface area (Å²) in [6, 6.07) is 6.69. The van der Waals surface area contributed by atoms with Crippen molar-refractivity contribution in [2.75, 3.05) is 13.1 Å². The minimum Gasteiger partial charge on any atom is -0.508 e. The van der Waals surface area contributed by atoms with Crippen LogP contribution in [-0.2, 0) is 6.42 Å². The fourth-order valence-corrected chi connectivity index (χ4v) is 3.90. The summed E-state index contributed by atoms with van der Waals surface area (Å²) in [5.74, 6) is 1.09. The lowest BCUT2D eigenvalue weighted by molar-refractivity contribution is 0.112. The number of benzene rings is 1. The highest BCUT2D eigenvalue weighted by Crippen LogP contribution is 2.41. The van der Waals surface area contributed by atoms with Crippen LogP contribution in [0.1, 0.15) is 49.7 Å². The maximum Gasteiger partial charge on any atom is 0.115 e. The van der Waals surface area contributed by atoms with Gasteiger partial charge < -0.3 is 5.11 Å². The van der Waals surface area contributed by atoms with E-state index < -0.39 is 0 Å². The van der Waals surface area contributed by atoms with Crippen LogP contribution in [-0.4, -0.2) is 29.1 Å². The van der Waals surface area contributed by atoms with Crippen molar-refractivity contribution < 1.29 is 5.11 Å².